The first-order valence-electron chi connectivity index (χ1n) is 11.5. The largest absolute Gasteiger partial charge is 0.507 e. The second kappa shape index (κ2) is 7.45. The Labute approximate surface area is 187 Å². The molecule has 1 saturated carbocycles. The number of anilines is 1. The first-order chi connectivity index (χ1) is 15.5. The maximum Gasteiger partial charge on any atom is 0.130 e. The maximum absolute atomic E-state index is 10.8. The summed E-state index contributed by atoms with van der Waals surface area (Å²) in [6.45, 7) is 5.17. The van der Waals surface area contributed by atoms with E-state index in [1.54, 1.807) is 10.9 Å². The van der Waals surface area contributed by atoms with Crippen LogP contribution < -0.4 is 10.2 Å². The Morgan fingerprint density at radius 3 is 2.88 bits per heavy atom. The fraction of sp³-hybridized carbons (Fsp3) is 0.400. The molecular formula is C25H28N6O. The van der Waals surface area contributed by atoms with E-state index in [4.69, 9.17) is 9.97 Å². The zero-order valence-electron chi connectivity index (χ0n) is 18.5. The second-order valence-electron chi connectivity index (χ2n) is 9.35. The molecule has 2 aliphatic rings. The molecule has 0 amide bonds. The molecule has 2 aromatic carbocycles. The third-order valence-electron chi connectivity index (χ3n) is 6.87. The van der Waals surface area contributed by atoms with Crippen LogP contribution in [-0.4, -0.2) is 50.5 Å². The van der Waals surface area contributed by atoms with Crippen LogP contribution in [0.4, 0.5) is 5.69 Å². The van der Waals surface area contributed by atoms with Crippen molar-refractivity contribution in [2.75, 3.05) is 24.5 Å². The van der Waals surface area contributed by atoms with Gasteiger partial charge in [-0.1, -0.05) is 0 Å². The normalized spacial score (nSPS) is 18.8. The van der Waals surface area contributed by atoms with Gasteiger partial charge in [0.2, 0.25) is 0 Å². The molecule has 164 valence electrons. The van der Waals surface area contributed by atoms with E-state index in [-0.39, 0.29) is 5.75 Å². The van der Waals surface area contributed by atoms with Crippen molar-refractivity contribution in [1.82, 2.24) is 25.1 Å². The van der Waals surface area contributed by atoms with Crippen molar-refractivity contribution >= 4 is 27.6 Å². The average Bonchev–Trinajstić information content (AvgIpc) is 3.37. The topological polar surface area (TPSA) is 79.1 Å². The van der Waals surface area contributed by atoms with Crippen molar-refractivity contribution in [2.24, 2.45) is 13.0 Å². The molecule has 7 heteroatoms. The number of aryl methyl sites for hydroxylation is 2. The highest BCUT2D eigenvalue weighted by atomic mass is 16.3. The summed E-state index contributed by atoms with van der Waals surface area (Å²) >= 11 is 0. The fourth-order valence-electron chi connectivity index (χ4n) is 4.78. The molecule has 1 unspecified atom stereocenters. The summed E-state index contributed by atoms with van der Waals surface area (Å²) in [4.78, 5) is 12.0. The molecule has 6 rings (SSSR count). The highest BCUT2D eigenvalue weighted by Crippen LogP contribution is 2.36. The molecule has 1 aliphatic carbocycles. The molecule has 7 nitrogen and oxygen atoms in total. The van der Waals surface area contributed by atoms with Crippen LogP contribution in [-0.2, 0) is 7.05 Å². The zero-order chi connectivity index (χ0) is 21.8. The van der Waals surface area contributed by atoms with Gasteiger partial charge in [0.15, 0.2) is 0 Å². The highest BCUT2D eigenvalue weighted by molar-refractivity contribution is 5.91. The molecule has 0 radical (unpaired) electrons. The van der Waals surface area contributed by atoms with E-state index >= 15 is 0 Å². The number of hydrogen-bond acceptors (Lipinski definition) is 6. The molecule has 1 atom stereocenters. The second-order valence-corrected chi connectivity index (χ2v) is 9.35. The summed E-state index contributed by atoms with van der Waals surface area (Å²) in [5, 5.41) is 20.0. The van der Waals surface area contributed by atoms with Crippen LogP contribution in [0.15, 0.2) is 36.7 Å². The number of hydrogen-bond donors (Lipinski definition) is 2. The Hall–Kier alpha value is -3.19. The Kier molecular flexibility index (Phi) is 4.54. The van der Waals surface area contributed by atoms with E-state index in [9.17, 15) is 5.11 Å². The Balaban J connectivity index is 1.28. The predicted molar refractivity (Wildman–Crippen MR) is 127 cm³/mol. The van der Waals surface area contributed by atoms with Gasteiger partial charge in [0.05, 0.1) is 28.4 Å². The number of fused-ring (bicyclic) bond motifs is 2. The summed E-state index contributed by atoms with van der Waals surface area (Å²) in [5.74, 6) is 1.12. The number of aromatic hydroxyl groups is 1. The number of phenols is 1. The molecular weight excluding hydrogens is 400 g/mol. The molecule has 0 spiro atoms. The molecule has 1 aliphatic heterocycles. The van der Waals surface area contributed by atoms with E-state index in [0.29, 0.717) is 17.3 Å². The lowest BCUT2D eigenvalue weighted by atomic mass is 10.0. The predicted octanol–water partition coefficient (Wildman–Crippen LogP) is 3.78. The van der Waals surface area contributed by atoms with Crippen molar-refractivity contribution in [3.63, 3.8) is 0 Å². The van der Waals surface area contributed by atoms with Gasteiger partial charge in [-0.05, 0) is 62.9 Å². The molecule has 4 aromatic rings. The molecule has 3 heterocycles. The standard InChI is InChI=1S/C25H28N6O/c1-15-24-17(13-30(2)29-24)9-20(25(15)32)23-12-27-22-10-19(5-6-21(22)28-23)31-8-7-18(14-31)26-11-16-3-4-16/h5-6,9-10,12-13,16,18,26,32H,3-4,7-8,11,14H2,1-2H3. The SMILES string of the molecule is Cc1c(O)c(-c2cnc3cc(N4CCC(NCC5CC5)C4)ccc3n2)cc2cn(C)nc12. The third kappa shape index (κ3) is 3.46. The molecule has 2 N–H and O–H groups in total. The number of phenolic OH excluding ortho intramolecular Hbond substituents is 1. The van der Waals surface area contributed by atoms with Gasteiger partial charge >= 0.3 is 0 Å². The Morgan fingerprint density at radius 2 is 2.03 bits per heavy atom. The lowest BCUT2D eigenvalue weighted by Gasteiger charge is -2.19. The maximum atomic E-state index is 10.8. The van der Waals surface area contributed by atoms with Gasteiger partial charge in [-0.25, -0.2) is 4.98 Å². The third-order valence-corrected chi connectivity index (χ3v) is 6.87. The van der Waals surface area contributed by atoms with Crippen LogP contribution in [0.25, 0.3) is 33.2 Å². The number of nitrogens with one attached hydrogen (secondary N) is 1. The number of aromatic nitrogens is 4. The average molecular weight is 429 g/mol. The van der Waals surface area contributed by atoms with Gasteiger partial charge in [-0.3, -0.25) is 9.67 Å². The van der Waals surface area contributed by atoms with Crippen LogP contribution >= 0.6 is 0 Å². The molecule has 32 heavy (non-hydrogen) atoms. The quantitative estimate of drug-likeness (QED) is 0.504. The van der Waals surface area contributed by atoms with Gasteiger partial charge in [0.1, 0.15) is 5.75 Å². The summed E-state index contributed by atoms with van der Waals surface area (Å²) in [6.07, 6.45) is 7.68. The van der Waals surface area contributed by atoms with Gasteiger partial charge < -0.3 is 15.3 Å². The number of nitrogens with zero attached hydrogens (tertiary/aromatic N) is 5. The van der Waals surface area contributed by atoms with E-state index in [1.807, 2.05) is 32.3 Å². The summed E-state index contributed by atoms with van der Waals surface area (Å²) in [6, 6.07) is 8.82. The first kappa shape index (κ1) is 19.5. The van der Waals surface area contributed by atoms with Gasteiger partial charge in [-0.15, -0.1) is 0 Å². The molecule has 0 bridgehead atoms. The monoisotopic (exact) mass is 428 g/mol. The van der Waals surface area contributed by atoms with Crippen LogP contribution in [0.5, 0.6) is 5.75 Å². The minimum absolute atomic E-state index is 0.211. The van der Waals surface area contributed by atoms with Crippen molar-refractivity contribution in [3.05, 3.63) is 42.2 Å². The lowest BCUT2D eigenvalue weighted by Crippen LogP contribution is -2.33. The highest BCUT2D eigenvalue weighted by Gasteiger charge is 2.26. The fourth-order valence-corrected chi connectivity index (χ4v) is 4.78. The van der Waals surface area contributed by atoms with Crippen molar-refractivity contribution < 1.29 is 5.11 Å². The summed E-state index contributed by atoms with van der Waals surface area (Å²) < 4.78 is 1.76. The summed E-state index contributed by atoms with van der Waals surface area (Å²) in [5.41, 5.74) is 5.83. The Bertz CT molecular complexity index is 1330. The van der Waals surface area contributed by atoms with Gasteiger partial charge in [0, 0.05) is 54.6 Å². The van der Waals surface area contributed by atoms with Crippen LogP contribution in [0.2, 0.25) is 0 Å². The first-order valence-corrected chi connectivity index (χ1v) is 11.5. The van der Waals surface area contributed by atoms with Crippen LogP contribution in [0.1, 0.15) is 24.8 Å². The van der Waals surface area contributed by atoms with E-state index < -0.39 is 0 Å². The van der Waals surface area contributed by atoms with Crippen LogP contribution in [0.3, 0.4) is 0 Å². The smallest absolute Gasteiger partial charge is 0.130 e. The van der Waals surface area contributed by atoms with Gasteiger partial charge in [-0.2, -0.15) is 5.10 Å². The van der Waals surface area contributed by atoms with Crippen molar-refractivity contribution in [3.8, 4) is 17.0 Å². The van der Waals surface area contributed by atoms with Gasteiger partial charge in [0.25, 0.3) is 0 Å². The Morgan fingerprint density at radius 1 is 1.16 bits per heavy atom. The van der Waals surface area contributed by atoms with Crippen molar-refractivity contribution in [1.29, 1.82) is 0 Å². The number of benzene rings is 2. The minimum Gasteiger partial charge on any atom is -0.507 e. The van der Waals surface area contributed by atoms with Crippen molar-refractivity contribution in [2.45, 2.75) is 32.2 Å². The summed E-state index contributed by atoms with van der Waals surface area (Å²) in [7, 11) is 1.88. The zero-order valence-corrected chi connectivity index (χ0v) is 18.5. The molecule has 2 fully saturated rings. The van der Waals surface area contributed by atoms with E-state index in [1.165, 1.54) is 31.5 Å². The number of rotatable bonds is 5. The molecule has 1 saturated heterocycles. The van der Waals surface area contributed by atoms with E-state index in [2.05, 4.69) is 27.4 Å². The van der Waals surface area contributed by atoms with Crippen LogP contribution in [0, 0.1) is 12.8 Å². The minimum atomic E-state index is 0.211. The lowest BCUT2D eigenvalue weighted by molar-refractivity contribution is 0.474. The van der Waals surface area contributed by atoms with E-state index in [0.717, 1.165) is 46.5 Å². The molecule has 2 aromatic heterocycles.